The first-order chi connectivity index (χ1) is 9.62. The number of hydrogen-bond acceptors (Lipinski definition) is 4. The number of pyridine rings is 1. The van der Waals surface area contributed by atoms with Gasteiger partial charge in [0.25, 0.3) is 5.91 Å². The molecule has 1 aromatic rings. The van der Waals surface area contributed by atoms with Gasteiger partial charge in [0.05, 0.1) is 5.56 Å². The van der Waals surface area contributed by atoms with Gasteiger partial charge in [0.2, 0.25) is 0 Å². The maximum Gasteiger partial charge on any atom is 0.252 e. The Kier molecular flexibility index (Phi) is 7.01. The van der Waals surface area contributed by atoms with Gasteiger partial charge in [0, 0.05) is 25.8 Å². The Bertz CT molecular complexity index is 405. The molecule has 0 aliphatic carbocycles. The summed E-state index contributed by atoms with van der Waals surface area (Å²) >= 11 is 0. The second-order valence-corrected chi connectivity index (χ2v) is 5.04. The molecular formula is C15H26N4O. The minimum absolute atomic E-state index is 0.0945. The van der Waals surface area contributed by atoms with Crippen LogP contribution in [0.3, 0.4) is 0 Å². The molecule has 0 fully saturated rings. The fourth-order valence-electron chi connectivity index (χ4n) is 1.86. The van der Waals surface area contributed by atoms with E-state index in [1.54, 1.807) is 6.20 Å². The molecule has 0 aromatic carbocycles. The molecule has 0 aliphatic heterocycles. The van der Waals surface area contributed by atoms with Crippen molar-refractivity contribution in [3.8, 4) is 0 Å². The van der Waals surface area contributed by atoms with Crippen molar-refractivity contribution in [2.24, 2.45) is 11.7 Å². The number of rotatable bonds is 8. The first-order valence-electron chi connectivity index (χ1n) is 7.31. The molecule has 0 saturated heterocycles. The minimum Gasteiger partial charge on any atom is -0.357 e. The van der Waals surface area contributed by atoms with Crippen LogP contribution in [0, 0.1) is 5.92 Å². The average molecular weight is 278 g/mol. The van der Waals surface area contributed by atoms with Gasteiger partial charge in [-0.05, 0) is 37.9 Å². The van der Waals surface area contributed by atoms with Crippen molar-refractivity contribution in [3.63, 3.8) is 0 Å². The van der Waals surface area contributed by atoms with Gasteiger partial charge >= 0.3 is 0 Å². The molecule has 3 N–H and O–H groups in total. The summed E-state index contributed by atoms with van der Waals surface area (Å²) in [4.78, 5) is 18.5. The molecule has 0 bridgehead atoms. The first kappa shape index (κ1) is 16.4. The van der Waals surface area contributed by atoms with Crippen molar-refractivity contribution in [3.05, 3.63) is 23.9 Å². The van der Waals surface area contributed by atoms with Gasteiger partial charge in [-0.25, -0.2) is 4.98 Å². The van der Waals surface area contributed by atoms with Crippen LogP contribution in [0.15, 0.2) is 18.3 Å². The normalized spacial score (nSPS) is 12.0. The molecule has 0 spiro atoms. The van der Waals surface area contributed by atoms with Gasteiger partial charge < -0.3 is 16.0 Å². The number of hydrogen-bond donors (Lipinski definition) is 2. The number of nitrogens with one attached hydrogen (secondary N) is 1. The molecule has 5 heteroatoms. The van der Waals surface area contributed by atoms with Gasteiger partial charge in [-0.15, -0.1) is 0 Å². The van der Waals surface area contributed by atoms with E-state index in [-0.39, 0.29) is 11.8 Å². The van der Waals surface area contributed by atoms with E-state index in [0.29, 0.717) is 18.7 Å². The summed E-state index contributed by atoms with van der Waals surface area (Å²) in [6.07, 6.45) is 2.71. The van der Waals surface area contributed by atoms with Crippen LogP contribution in [0.4, 0.5) is 5.82 Å². The van der Waals surface area contributed by atoms with Crippen LogP contribution in [0.5, 0.6) is 0 Å². The smallest absolute Gasteiger partial charge is 0.252 e. The fourth-order valence-corrected chi connectivity index (χ4v) is 1.86. The second-order valence-electron chi connectivity index (χ2n) is 5.04. The summed E-state index contributed by atoms with van der Waals surface area (Å²) in [5.41, 5.74) is 6.11. The third-order valence-corrected chi connectivity index (χ3v) is 3.22. The van der Waals surface area contributed by atoms with Gasteiger partial charge in [0.1, 0.15) is 5.82 Å². The molecule has 1 amide bonds. The molecule has 0 saturated carbocycles. The minimum atomic E-state index is -0.0945. The van der Waals surface area contributed by atoms with Crippen molar-refractivity contribution in [1.82, 2.24) is 10.3 Å². The van der Waals surface area contributed by atoms with Crippen LogP contribution in [0.25, 0.3) is 0 Å². The van der Waals surface area contributed by atoms with Crippen molar-refractivity contribution in [2.45, 2.75) is 27.2 Å². The van der Waals surface area contributed by atoms with Gasteiger partial charge in [-0.1, -0.05) is 13.8 Å². The van der Waals surface area contributed by atoms with E-state index in [4.69, 9.17) is 5.73 Å². The van der Waals surface area contributed by atoms with Crippen LogP contribution in [0.1, 0.15) is 37.6 Å². The van der Waals surface area contributed by atoms with Crippen LogP contribution >= 0.6 is 0 Å². The molecule has 5 nitrogen and oxygen atoms in total. The molecule has 1 rings (SSSR count). The van der Waals surface area contributed by atoms with Crippen molar-refractivity contribution >= 4 is 11.7 Å². The Morgan fingerprint density at radius 1 is 1.45 bits per heavy atom. The van der Waals surface area contributed by atoms with E-state index in [2.05, 4.69) is 29.0 Å². The van der Waals surface area contributed by atoms with E-state index >= 15 is 0 Å². The Hall–Kier alpha value is -1.62. The van der Waals surface area contributed by atoms with E-state index in [9.17, 15) is 4.79 Å². The van der Waals surface area contributed by atoms with E-state index in [0.717, 1.165) is 25.3 Å². The second kappa shape index (κ2) is 8.53. The maximum atomic E-state index is 11.9. The summed E-state index contributed by atoms with van der Waals surface area (Å²) in [6, 6.07) is 3.73. The zero-order chi connectivity index (χ0) is 15.0. The highest BCUT2D eigenvalue weighted by Crippen LogP contribution is 2.11. The molecule has 0 radical (unpaired) electrons. The predicted octanol–water partition coefficient (Wildman–Crippen LogP) is 1.64. The number of amides is 1. The summed E-state index contributed by atoms with van der Waals surface area (Å²) in [5, 5.41) is 2.86. The number of carbonyl (C=O) groups excluding carboxylic acids is 1. The molecular weight excluding hydrogens is 252 g/mol. The molecule has 20 heavy (non-hydrogen) atoms. The predicted molar refractivity (Wildman–Crippen MR) is 83.0 cm³/mol. The Morgan fingerprint density at radius 3 is 2.70 bits per heavy atom. The van der Waals surface area contributed by atoms with Crippen LogP contribution < -0.4 is 16.0 Å². The zero-order valence-corrected chi connectivity index (χ0v) is 12.7. The lowest BCUT2D eigenvalue weighted by atomic mass is 10.2. The van der Waals surface area contributed by atoms with Gasteiger partial charge in [0.15, 0.2) is 0 Å². The number of anilines is 1. The molecule has 0 aliphatic rings. The molecule has 112 valence electrons. The number of nitrogens with zero attached hydrogens (tertiary/aromatic N) is 2. The highest BCUT2D eigenvalue weighted by atomic mass is 16.1. The van der Waals surface area contributed by atoms with E-state index in [1.165, 1.54) is 0 Å². The Morgan fingerprint density at radius 2 is 2.20 bits per heavy atom. The van der Waals surface area contributed by atoms with E-state index in [1.807, 2.05) is 19.1 Å². The zero-order valence-electron chi connectivity index (χ0n) is 12.7. The third kappa shape index (κ3) is 4.81. The summed E-state index contributed by atoms with van der Waals surface area (Å²) < 4.78 is 0. The van der Waals surface area contributed by atoms with Gasteiger partial charge in [-0.2, -0.15) is 0 Å². The highest BCUT2D eigenvalue weighted by molar-refractivity contribution is 5.94. The molecule has 1 heterocycles. The SMILES string of the molecule is CCCN(CC)c1ccc(C(=O)NCC(C)CN)cn1. The summed E-state index contributed by atoms with van der Waals surface area (Å²) in [5.74, 6) is 1.11. The quantitative estimate of drug-likeness (QED) is 0.758. The fraction of sp³-hybridized carbons (Fsp3) is 0.600. The van der Waals surface area contributed by atoms with Crippen LogP contribution in [-0.4, -0.2) is 37.1 Å². The lowest BCUT2D eigenvalue weighted by molar-refractivity contribution is 0.0948. The van der Waals surface area contributed by atoms with Crippen LogP contribution in [-0.2, 0) is 0 Å². The number of aromatic nitrogens is 1. The Balaban J connectivity index is 2.63. The molecule has 1 atom stereocenters. The molecule has 1 aromatic heterocycles. The van der Waals surface area contributed by atoms with Crippen molar-refractivity contribution in [1.29, 1.82) is 0 Å². The number of nitrogens with two attached hydrogens (primary N) is 1. The van der Waals surface area contributed by atoms with Crippen molar-refractivity contribution in [2.75, 3.05) is 31.1 Å². The average Bonchev–Trinajstić information content (AvgIpc) is 2.50. The monoisotopic (exact) mass is 278 g/mol. The Labute approximate surface area is 121 Å². The maximum absolute atomic E-state index is 11.9. The van der Waals surface area contributed by atoms with Crippen LogP contribution in [0.2, 0.25) is 0 Å². The largest absolute Gasteiger partial charge is 0.357 e. The summed E-state index contributed by atoms with van der Waals surface area (Å²) in [6.45, 7) is 9.30. The molecule has 1 unspecified atom stereocenters. The lowest BCUT2D eigenvalue weighted by Crippen LogP contribution is -2.31. The third-order valence-electron chi connectivity index (χ3n) is 3.22. The number of carbonyl (C=O) groups is 1. The lowest BCUT2D eigenvalue weighted by Gasteiger charge is -2.21. The highest BCUT2D eigenvalue weighted by Gasteiger charge is 2.09. The topological polar surface area (TPSA) is 71.2 Å². The van der Waals surface area contributed by atoms with E-state index < -0.39 is 0 Å². The van der Waals surface area contributed by atoms with Crippen molar-refractivity contribution < 1.29 is 4.79 Å². The van der Waals surface area contributed by atoms with Gasteiger partial charge in [-0.3, -0.25) is 4.79 Å². The standard InChI is InChI=1S/C15H26N4O/c1-4-8-19(5-2)14-7-6-13(11-17-14)15(20)18-10-12(3)9-16/h6-7,11-12H,4-5,8-10,16H2,1-3H3,(H,18,20). The summed E-state index contributed by atoms with van der Waals surface area (Å²) in [7, 11) is 0. The first-order valence-corrected chi connectivity index (χ1v) is 7.31.